The highest BCUT2D eigenvalue weighted by Gasteiger charge is 2.25. The van der Waals surface area contributed by atoms with Gasteiger partial charge in [0, 0.05) is 17.6 Å². The normalized spacial score (nSPS) is 22.4. The van der Waals surface area contributed by atoms with Gasteiger partial charge < -0.3 is 15.4 Å². The van der Waals surface area contributed by atoms with Crippen molar-refractivity contribution in [1.82, 2.24) is 10.6 Å². The Morgan fingerprint density at radius 3 is 2.82 bits per heavy atom. The molecule has 0 spiro atoms. The Kier molecular flexibility index (Phi) is 7.77. The van der Waals surface area contributed by atoms with Crippen molar-refractivity contribution in [2.24, 2.45) is 5.92 Å². The Morgan fingerprint density at radius 1 is 1.45 bits per heavy atom. The summed E-state index contributed by atoms with van der Waals surface area (Å²) in [6, 6.07) is 5.08. The van der Waals surface area contributed by atoms with Gasteiger partial charge in [-0.2, -0.15) is 0 Å². The molecule has 2 rings (SSSR count). The third-order valence-corrected chi connectivity index (χ3v) is 4.25. The van der Waals surface area contributed by atoms with Crippen LogP contribution in [0.4, 0.5) is 0 Å². The van der Waals surface area contributed by atoms with Crippen LogP contribution < -0.4 is 15.4 Å². The lowest BCUT2D eigenvalue weighted by molar-refractivity contribution is -0.128. The molecule has 0 bridgehead atoms. The summed E-state index contributed by atoms with van der Waals surface area (Å²) >= 11 is 11.9. The first-order valence-corrected chi connectivity index (χ1v) is 7.85. The minimum atomic E-state index is -0.613. The number of halogens is 3. The maximum atomic E-state index is 12.2. The van der Waals surface area contributed by atoms with Crippen molar-refractivity contribution in [3.63, 3.8) is 0 Å². The van der Waals surface area contributed by atoms with Gasteiger partial charge >= 0.3 is 0 Å². The monoisotopic (exact) mass is 366 g/mol. The van der Waals surface area contributed by atoms with E-state index in [1.54, 1.807) is 25.1 Å². The molecule has 7 heteroatoms. The van der Waals surface area contributed by atoms with Crippen LogP contribution in [0.15, 0.2) is 18.2 Å². The number of benzene rings is 1. The number of hydrogen-bond acceptors (Lipinski definition) is 3. The van der Waals surface area contributed by atoms with Crippen LogP contribution in [0.3, 0.4) is 0 Å². The van der Waals surface area contributed by atoms with Crippen molar-refractivity contribution in [3.8, 4) is 5.75 Å². The van der Waals surface area contributed by atoms with E-state index >= 15 is 0 Å². The maximum absolute atomic E-state index is 12.2. The van der Waals surface area contributed by atoms with Gasteiger partial charge in [-0.05, 0) is 44.0 Å². The minimum absolute atomic E-state index is 0. The van der Waals surface area contributed by atoms with E-state index in [2.05, 4.69) is 17.6 Å². The molecule has 124 valence electrons. The lowest BCUT2D eigenvalue weighted by Crippen LogP contribution is -2.52. The van der Waals surface area contributed by atoms with Gasteiger partial charge in [0.05, 0.1) is 5.02 Å². The molecule has 1 saturated heterocycles. The molecule has 3 unspecified atom stereocenters. The summed E-state index contributed by atoms with van der Waals surface area (Å²) in [6.07, 6.45) is 0.446. The quantitative estimate of drug-likeness (QED) is 0.858. The topological polar surface area (TPSA) is 50.4 Å². The number of carbonyl (C=O) groups excluding carboxylic acids is 1. The molecule has 0 radical (unpaired) electrons. The minimum Gasteiger partial charge on any atom is -0.479 e. The second-order valence-electron chi connectivity index (χ2n) is 5.42. The highest BCUT2D eigenvalue weighted by Crippen LogP contribution is 2.28. The van der Waals surface area contributed by atoms with Crippen molar-refractivity contribution in [1.29, 1.82) is 0 Å². The van der Waals surface area contributed by atoms with E-state index in [1.807, 2.05) is 0 Å². The first kappa shape index (κ1) is 19.4. The van der Waals surface area contributed by atoms with E-state index in [4.69, 9.17) is 27.9 Å². The van der Waals surface area contributed by atoms with Crippen LogP contribution in [0.1, 0.15) is 20.3 Å². The van der Waals surface area contributed by atoms with E-state index in [0.29, 0.717) is 21.7 Å². The van der Waals surface area contributed by atoms with E-state index in [1.165, 1.54) is 0 Å². The summed E-state index contributed by atoms with van der Waals surface area (Å²) in [5, 5.41) is 7.24. The molecule has 0 saturated carbocycles. The molecule has 0 aromatic heterocycles. The van der Waals surface area contributed by atoms with E-state index < -0.39 is 6.10 Å². The fourth-order valence-electron chi connectivity index (χ4n) is 2.30. The largest absolute Gasteiger partial charge is 0.479 e. The zero-order valence-electron chi connectivity index (χ0n) is 12.6. The maximum Gasteiger partial charge on any atom is 0.261 e. The molecule has 1 aliphatic heterocycles. The van der Waals surface area contributed by atoms with E-state index in [0.717, 1.165) is 19.5 Å². The average Bonchev–Trinajstić information content (AvgIpc) is 2.44. The molecular formula is C15H21Cl3N2O2. The smallest absolute Gasteiger partial charge is 0.261 e. The zero-order valence-corrected chi connectivity index (χ0v) is 14.9. The second kappa shape index (κ2) is 8.82. The van der Waals surface area contributed by atoms with Crippen LogP contribution >= 0.6 is 35.6 Å². The van der Waals surface area contributed by atoms with E-state index in [9.17, 15) is 4.79 Å². The summed E-state index contributed by atoms with van der Waals surface area (Å²) in [5.41, 5.74) is 0. The molecule has 2 N–H and O–H groups in total. The number of amides is 1. The number of rotatable bonds is 4. The molecule has 1 aliphatic rings. The van der Waals surface area contributed by atoms with Crippen LogP contribution in [0.2, 0.25) is 10.0 Å². The van der Waals surface area contributed by atoms with Crippen LogP contribution in [-0.2, 0) is 4.79 Å². The summed E-state index contributed by atoms with van der Waals surface area (Å²) in [4.78, 5) is 12.2. The van der Waals surface area contributed by atoms with Gasteiger partial charge in [-0.1, -0.05) is 30.1 Å². The number of piperidine rings is 1. The molecule has 1 fully saturated rings. The number of hydrogen-bond donors (Lipinski definition) is 2. The Balaban J connectivity index is 0.00000242. The molecule has 1 aromatic carbocycles. The summed E-state index contributed by atoms with van der Waals surface area (Å²) < 4.78 is 5.62. The van der Waals surface area contributed by atoms with Gasteiger partial charge in [0.25, 0.3) is 5.91 Å². The van der Waals surface area contributed by atoms with Gasteiger partial charge in [0.2, 0.25) is 0 Å². The summed E-state index contributed by atoms with van der Waals surface area (Å²) in [6.45, 7) is 5.65. The molecule has 0 aliphatic carbocycles. The van der Waals surface area contributed by atoms with Crippen molar-refractivity contribution in [2.75, 3.05) is 13.1 Å². The second-order valence-corrected chi connectivity index (χ2v) is 6.26. The molecule has 4 nitrogen and oxygen atoms in total. The number of carbonyl (C=O) groups is 1. The summed E-state index contributed by atoms with van der Waals surface area (Å²) in [5.74, 6) is 0.779. The molecule has 3 atom stereocenters. The van der Waals surface area contributed by atoms with Crippen LogP contribution in [0.5, 0.6) is 5.75 Å². The fourth-order valence-corrected chi connectivity index (χ4v) is 2.75. The van der Waals surface area contributed by atoms with Crippen LogP contribution in [0.25, 0.3) is 0 Å². The standard InChI is InChI=1S/C15H20Cl2N2O2.ClH/c1-9-5-6-18-8-13(9)19-15(20)10(2)21-14-4-3-11(16)7-12(14)17;/h3-4,7,9-10,13,18H,5-6,8H2,1-2H3,(H,19,20);1H. The van der Waals surface area contributed by atoms with Crippen molar-refractivity contribution < 1.29 is 9.53 Å². The lowest BCUT2D eigenvalue weighted by atomic mass is 9.95. The van der Waals surface area contributed by atoms with Crippen molar-refractivity contribution in [3.05, 3.63) is 28.2 Å². The van der Waals surface area contributed by atoms with Crippen molar-refractivity contribution >= 4 is 41.5 Å². The Labute approximate surface area is 147 Å². The first-order chi connectivity index (χ1) is 9.97. The van der Waals surface area contributed by atoms with Gasteiger partial charge in [-0.3, -0.25) is 4.79 Å². The Bertz CT molecular complexity index is 514. The fraction of sp³-hybridized carbons (Fsp3) is 0.533. The van der Waals surface area contributed by atoms with Gasteiger partial charge in [0.15, 0.2) is 6.10 Å². The predicted octanol–water partition coefficient (Wildman–Crippen LogP) is 3.30. The molecule has 22 heavy (non-hydrogen) atoms. The highest BCUT2D eigenvalue weighted by atomic mass is 35.5. The first-order valence-electron chi connectivity index (χ1n) is 7.10. The summed E-state index contributed by atoms with van der Waals surface area (Å²) in [7, 11) is 0. The number of nitrogens with one attached hydrogen (secondary N) is 2. The third kappa shape index (κ3) is 5.20. The predicted molar refractivity (Wildman–Crippen MR) is 92.4 cm³/mol. The average molecular weight is 368 g/mol. The molecule has 1 amide bonds. The van der Waals surface area contributed by atoms with Gasteiger partial charge in [-0.15, -0.1) is 12.4 Å². The van der Waals surface area contributed by atoms with E-state index in [-0.39, 0.29) is 24.4 Å². The zero-order chi connectivity index (χ0) is 15.4. The third-order valence-electron chi connectivity index (χ3n) is 3.72. The molecular weight excluding hydrogens is 347 g/mol. The van der Waals surface area contributed by atoms with Crippen molar-refractivity contribution in [2.45, 2.75) is 32.4 Å². The van der Waals surface area contributed by atoms with Gasteiger partial charge in [-0.25, -0.2) is 0 Å². The number of ether oxygens (including phenoxy) is 1. The van der Waals surface area contributed by atoms with Gasteiger partial charge in [0.1, 0.15) is 5.75 Å². The SMILES string of the molecule is CC(Oc1ccc(Cl)cc1Cl)C(=O)NC1CNCCC1C.Cl. The van der Waals surface area contributed by atoms with Crippen LogP contribution in [0, 0.1) is 5.92 Å². The lowest BCUT2D eigenvalue weighted by Gasteiger charge is -2.31. The highest BCUT2D eigenvalue weighted by molar-refractivity contribution is 6.35. The molecule has 1 heterocycles. The Morgan fingerprint density at radius 2 is 2.18 bits per heavy atom. The molecule has 1 aromatic rings. The Hall–Kier alpha value is -0.680. The van der Waals surface area contributed by atoms with Crippen LogP contribution in [-0.4, -0.2) is 31.1 Å².